The topological polar surface area (TPSA) is 43.4 Å². The molecule has 0 saturated heterocycles. The molecule has 0 amide bonds. The first-order valence-corrected chi connectivity index (χ1v) is 9.81. The van der Waals surface area contributed by atoms with E-state index in [-0.39, 0.29) is 11.4 Å². The monoisotopic (exact) mass is 340 g/mol. The van der Waals surface area contributed by atoms with E-state index in [4.69, 9.17) is 11.2 Å². The first kappa shape index (κ1) is 16.9. The van der Waals surface area contributed by atoms with E-state index in [1.807, 2.05) is 6.08 Å². The average molecular weight is 340 g/mol. The van der Waals surface area contributed by atoms with Gasteiger partial charge in [0, 0.05) is 18.8 Å². The van der Waals surface area contributed by atoms with Crippen molar-refractivity contribution in [3.63, 3.8) is 0 Å². The van der Waals surface area contributed by atoms with Gasteiger partial charge in [0.15, 0.2) is 11.4 Å². The smallest absolute Gasteiger partial charge is 0.304 e. The van der Waals surface area contributed by atoms with Crippen LogP contribution in [0.25, 0.3) is 0 Å². The van der Waals surface area contributed by atoms with Crippen molar-refractivity contribution >= 4 is 11.8 Å². The molecule has 0 radical (unpaired) electrons. The summed E-state index contributed by atoms with van der Waals surface area (Å²) >= 11 is 0. The van der Waals surface area contributed by atoms with Crippen molar-refractivity contribution in [3.05, 3.63) is 11.6 Å². The Balaban J connectivity index is 1.64. The van der Waals surface area contributed by atoms with Crippen LogP contribution in [-0.2, 0) is 14.3 Å². The Morgan fingerprint density at radius 3 is 2.72 bits per heavy atom. The van der Waals surface area contributed by atoms with Crippen LogP contribution >= 0.6 is 0 Å². The lowest BCUT2D eigenvalue weighted by atomic mass is 9.50. The number of ketones is 1. The van der Waals surface area contributed by atoms with Crippen LogP contribution in [0.3, 0.4) is 0 Å². The lowest BCUT2D eigenvalue weighted by Gasteiger charge is -2.55. The van der Waals surface area contributed by atoms with Crippen LogP contribution in [0.1, 0.15) is 65.2 Å². The molecular weight excluding hydrogens is 312 g/mol. The van der Waals surface area contributed by atoms with Crippen molar-refractivity contribution in [3.8, 4) is 12.3 Å². The molecule has 4 aliphatic carbocycles. The minimum atomic E-state index is -0.729. The van der Waals surface area contributed by atoms with Crippen LogP contribution in [0.2, 0.25) is 0 Å². The van der Waals surface area contributed by atoms with Gasteiger partial charge in [0.05, 0.1) is 0 Å². The third-order valence-electron chi connectivity index (χ3n) is 7.97. The second-order valence-corrected chi connectivity index (χ2v) is 8.86. The minimum absolute atomic E-state index is 0.111. The number of rotatable bonds is 1. The van der Waals surface area contributed by atoms with E-state index >= 15 is 0 Å². The van der Waals surface area contributed by atoms with E-state index in [0.29, 0.717) is 35.9 Å². The summed E-state index contributed by atoms with van der Waals surface area (Å²) in [4.78, 5) is 23.5. The van der Waals surface area contributed by atoms with E-state index < -0.39 is 5.60 Å². The number of carbonyl (C=O) groups excluding carboxylic acids is 2. The largest absolute Gasteiger partial charge is 0.445 e. The van der Waals surface area contributed by atoms with Gasteiger partial charge in [-0.05, 0) is 74.7 Å². The van der Waals surface area contributed by atoms with Gasteiger partial charge in [0.25, 0.3) is 0 Å². The standard InChI is InChI=1S/C22H28O3/c1-4-22(25-14(2)23)12-10-20-19-7-5-15-13-16(24)6-8-17(15)18(19)9-11-21(20,22)3/h1,13,17-20H,5-12H2,2-3H3/t17?,18?,19?,20?,21-,22?/m0/s1. The summed E-state index contributed by atoms with van der Waals surface area (Å²) in [5.41, 5.74) is 0.565. The van der Waals surface area contributed by atoms with Gasteiger partial charge < -0.3 is 4.74 Å². The predicted octanol–water partition coefficient (Wildman–Crippen LogP) is 4.06. The molecular formula is C22H28O3. The molecule has 6 atom stereocenters. The number of esters is 1. The van der Waals surface area contributed by atoms with Crippen molar-refractivity contribution in [1.29, 1.82) is 0 Å². The highest BCUT2D eigenvalue weighted by Gasteiger charge is 2.64. The summed E-state index contributed by atoms with van der Waals surface area (Å²) in [5, 5.41) is 0. The molecule has 4 aliphatic rings. The number of fused-ring (bicyclic) bond motifs is 5. The van der Waals surface area contributed by atoms with E-state index in [0.717, 1.165) is 44.9 Å². The third-order valence-corrected chi connectivity index (χ3v) is 7.97. The van der Waals surface area contributed by atoms with E-state index in [1.54, 1.807) is 0 Å². The van der Waals surface area contributed by atoms with Gasteiger partial charge in [-0.3, -0.25) is 9.59 Å². The third kappa shape index (κ3) is 2.33. The molecule has 3 nitrogen and oxygen atoms in total. The molecule has 0 heterocycles. The van der Waals surface area contributed by atoms with Crippen LogP contribution in [-0.4, -0.2) is 17.4 Å². The van der Waals surface area contributed by atoms with E-state index in [2.05, 4.69) is 12.8 Å². The van der Waals surface area contributed by atoms with Crippen LogP contribution in [0.5, 0.6) is 0 Å². The Morgan fingerprint density at radius 2 is 2.00 bits per heavy atom. The molecule has 5 unspecified atom stereocenters. The van der Waals surface area contributed by atoms with Crippen LogP contribution < -0.4 is 0 Å². The van der Waals surface area contributed by atoms with Gasteiger partial charge >= 0.3 is 5.97 Å². The van der Waals surface area contributed by atoms with Crippen molar-refractivity contribution in [2.45, 2.75) is 70.8 Å². The summed E-state index contributed by atoms with van der Waals surface area (Å²) in [5.74, 6) is 5.41. The van der Waals surface area contributed by atoms with Gasteiger partial charge in [-0.1, -0.05) is 18.4 Å². The quantitative estimate of drug-likeness (QED) is 0.534. The van der Waals surface area contributed by atoms with Crippen LogP contribution in [0, 0.1) is 41.4 Å². The lowest BCUT2D eigenvalue weighted by molar-refractivity contribution is -0.167. The molecule has 134 valence electrons. The molecule has 0 aliphatic heterocycles. The molecule has 3 fully saturated rings. The number of terminal acetylenes is 1. The Bertz CT molecular complexity index is 684. The number of allylic oxidation sites excluding steroid dienone is 1. The second-order valence-electron chi connectivity index (χ2n) is 8.86. The minimum Gasteiger partial charge on any atom is -0.445 e. The highest BCUT2D eigenvalue weighted by atomic mass is 16.6. The number of hydrogen-bond donors (Lipinski definition) is 0. The van der Waals surface area contributed by atoms with E-state index in [1.165, 1.54) is 12.5 Å². The number of hydrogen-bond acceptors (Lipinski definition) is 3. The molecule has 0 bridgehead atoms. The summed E-state index contributed by atoms with van der Waals surface area (Å²) in [6, 6.07) is 0. The second kappa shape index (κ2) is 5.73. The Morgan fingerprint density at radius 1 is 1.20 bits per heavy atom. The maximum atomic E-state index is 11.8. The Kier molecular flexibility index (Phi) is 3.87. The fraction of sp³-hybridized carbons (Fsp3) is 0.727. The highest BCUT2D eigenvalue weighted by Crippen LogP contribution is 2.65. The van der Waals surface area contributed by atoms with Gasteiger partial charge in [-0.2, -0.15) is 0 Å². The van der Waals surface area contributed by atoms with Crippen molar-refractivity contribution in [2.24, 2.45) is 29.1 Å². The van der Waals surface area contributed by atoms with Gasteiger partial charge in [0.2, 0.25) is 0 Å². The molecule has 3 saturated carbocycles. The molecule has 3 heteroatoms. The molecule has 0 N–H and O–H groups in total. The summed E-state index contributed by atoms with van der Waals surface area (Å²) in [7, 11) is 0. The summed E-state index contributed by atoms with van der Waals surface area (Å²) < 4.78 is 5.79. The predicted molar refractivity (Wildman–Crippen MR) is 95.4 cm³/mol. The van der Waals surface area contributed by atoms with Crippen molar-refractivity contribution in [1.82, 2.24) is 0 Å². The molecule has 25 heavy (non-hydrogen) atoms. The van der Waals surface area contributed by atoms with Gasteiger partial charge in [-0.15, -0.1) is 6.42 Å². The molecule has 0 aromatic rings. The summed E-state index contributed by atoms with van der Waals surface area (Å²) in [6.07, 6.45) is 15.8. The normalized spacial score (nSPS) is 45.5. The van der Waals surface area contributed by atoms with Crippen molar-refractivity contribution < 1.29 is 14.3 Å². The molecule has 0 spiro atoms. The molecule has 4 rings (SSSR count). The summed E-state index contributed by atoms with van der Waals surface area (Å²) in [6.45, 7) is 3.73. The molecule has 0 aromatic heterocycles. The van der Waals surface area contributed by atoms with Gasteiger partial charge in [-0.25, -0.2) is 0 Å². The SMILES string of the molecule is C#CC1(OC(C)=O)CCC2C3CCC4=CC(=O)CCC4C3CC[C@@]21C. The number of carbonyl (C=O) groups is 2. The number of ether oxygens (including phenoxy) is 1. The highest BCUT2D eigenvalue weighted by molar-refractivity contribution is 5.91. The van der Waals surface area contributed by atoms with Gasteiger partial charge in [0.1, 0.15) is 0 Å². The zero-order valence-electron chi connectivity index (χ0n) is 15.3. The van der Waals surface area contributed by atoms with Crippen molar-refractivity contribution in [2.75, 3.05) is 0 Å². The average Bonchev–Trinajstić information content (AvgIpc) is 2.87. The first-order valence-electron chi connectivity index (χ1n) is 9.81. The zero-order valence-corrected chi connectivity index (χ0v) is 15.3. The Hall–Kier alpha value is -1.56. The Labute approximate surface area is 150 Å². The zero-order chi connectivity index (χ0) is 17.8. The maximum absolute atomic E-state index is 11.8. The fourth-order valence-corrected chi connectivity index (χ4v) is 6.86. The molecule has 0 aromatic carbocycles. The van der Waals surface area contributed by atoms with E-state index in [9.17, 15) is 9.59 Å². The fourth-order valence-electron chi connectivity index (χ4n) is 6.86. The van der Waals surface area contributed by atoms with Crippen LogP contribution in [0.15, 0.2) is 11.6 Å². The maximum Gasteiger partial charge on any atom is 0.304 e. The first-order chi connectivity index (χ1) is 11.9. The lowest BCUT2D eigenvalue weighted by Crippen LogP contribution is -2.53. The van der Waals surface area contributed by atoms with Crippen LogP contribution in [0.4, 0.5) is 0 Å².